The van der Waals surface area contributed by atoms with Crippen LogP contribution in [0.5, 0.6) is 0 Å². The van der Waals surface area contributed by atoms with Crippen LogP contribution in [0, 0.1) is 11.3 Å². The van der Waals surface area contributed by atoms with E-state index in [-0.39, 0.29) is 30.2 Å². The molecule has 1 saturated heterocycles. The zero-order valence-corrected chi connectivity index (χ0v) is 22.2. The van der Waals surface area contributed by atoms with Gasteiger partial charge in [0.05, 0.1) is 26.2 Å². The molecule has 0 spiro atoms. The number of carbonyl (C=O) groups is 1. The summed E-state index contributed by atoms with van der Waals surface area (Å²) < 4.78 is 35.6. The molecule has 0 saturated carbocycles. The molecular weight excluding hydrogens is 493 g/mol. The van der Waals surface area contributed by atoms with Crippen LogP contribution in [-0.4, -0.2) is 82.1 Å². The molecule has 7 atom stereocenters. The number of aliphatic hydroxyl groups excluding tert-OH is 1. The van der Waals surface area contributed by atoms with Crippen molar-refractivity contribution in [1.29, 1.82) is 5.41 Å². The van der Waals surface area contributed by atoms with Gasteiger partial charge in [0.25, 0.3) is 0 Å². The molecule has 200 valence electrons. The predicted octanol–water partition coefficient (Wildman–Crippen LogP) is 1.62. The van der Waals surface area contributed by atoms with E-state index < -0.39 is 44.2 Å². The summed E-state index contributed by atoms with van der Waals surface area (Å²) in [6.07, 6.45) is -0.912. The Morgan fingerprint density at radius 1 is 1.44 bits per heavy atom. The van der Waals surface area contributed by atoms with Crippen molar-refractivity contribution in [3.05, 3.63) is 17.7 Å². The maximum absolute atomic E-state index is 12.5. The quantitative estimate of drug-likeness (QED) is 0.286. The summed E-state index contributed by atoms with van der Waals surface area (Å²) >= 11 is 0. The second-order valence-electron chi connectivity index (χ2n) is 9.52. The Bertz CT molecular complexity index is 1030. The van der Waals surface area contributed by atoms with Gasteiger partial charge in [-0.25, -0.2) is 4.98 Å². The highest BCUT2D eigenvalue weighted by molar-refractivity contribution is 7.36. The van der Waals surface area contributed by atoms with E-state index in [1.807, 2.05) is 6.92 Å². The SMILES string of the molecule is COC(=O)C(N[P+](=O)OCC1OC(n2cnc3c2C(C)CCC(=N)N=C3OC)C(C)(O)C1O)C(C)C. The number of aliphatic imine (C=N–C) groups is 1. The fourth-order valence-corrected chi connectivity index (χ4v) is 5.33. The van der Waals surface area contributed by atoms with E-state index in [1.165, 1.54) is 27.5 Å². The zero-order chi connectivity index (χ0) is 26.8. The van der Waals surface area contributed by atoms with Crippen molar-refractivity contribution < 1.29 is 38.3 Å². The zero-order valence-electron chi connectivity index (χ0n) is 21.3. The average molecular weight is 529 g/mol. The maximum atomic E-state index is 12.5. The fourth-order valence-electron chi connectivity index (χ4n) is 4.34. The number of methoxy groups -OCH3 is 2. The van der Waals surface area contributed by atoms with Crippen LogP contribution in [0.15, 0.2) is 11.3 Å². The summed E-state index contributed by atoms with van der Waals surface area (Å²) in [5.41, 5.74) is -0.627. The summed E-state index contributed by atoms with van der Waals surface area (Å²) in [7, 11) is 0.188. The van der Waals surface area contributed by atoms with Gasteiger partial charge < -0.3 is 29.0 Å². The van der Waals surface area contributed by atoms with Gasteiger partial charge in [0.15, 0.2) is 12.3 Å². The number of amidine groups is 1. The van der Waals surface area contributed by atoms with E-state index in [4.69, 9.17) is 24.1 Å². The van der Waals surface area contributed by atoms with Crippen molar-refractivity contribution in [3.63, 3.8) is 0 Å². The third kappa shape index (κ3) is 5.66. The molecule has 1 aromatic heterocycles. The van der Waals surface area contributed by atoms with Gasteiger partial charge in [-0.2, -0.15) is 4.99 Å². The van der Waals surface area contributed by atoms with Gasteiger partial charge in [0.1, 0.15) is 35.9 Å². The Morgan fingerprint density at radius 2 is 2.14 bits per heavy atom. The number of esters is 1. The molecule has 13 nitrogen and oxygen atoms in total. The summed E-state index contributed by atoms with van der Waals surface area (Å²) in [5, 5.41) is 32.6. The van der Waals surface area contributed by atoms with Crippen LogP contribution in [0.4, 0.5) is 0 Å². The number of rotatable bonds is 8. The Kier molecular flexibility index (Phi) is 8.97. The first-order valence-electron chi connectivity index (χ1n) is 11.7. The van der Waals surface area contributed by atoms with E-state index in [9.17, 15) is 19.6 Å². The Labute approximate surface area is 210 Å². The molecule has 0 radical (unpaired) electrons. The number of hydrogen-bond donors (Lipinski definition) is 4. The lowest BCUT2D eigenvalue weighted by Gasteiger charge is -2.30. The standard InChI is InChI=1S/C22H35N5O8P/c1-11(2)15(20(29)33-6)26-36(31)34-9-13-18(28)22(4,30)21(35-13)27-10-24-16-17(27)12(3)7-8-14(23)25-19(16)32-5/h10-13,15,18,21,23,28,30H,7-9H2,1-6H3,(H,26,31)/q+1. The van der Waals surface area contributed by atoms with Crippen molar-refractivity contribution >= 4 is 25.9 Å². The molecular formula is C22H35N5O8P+. The largest absolute Gasteiger partial charge is 0.613 e. The molecule has 1 aromatic rings. The first-order chi connectivity index (χ1) is 16.9. The summed E-state index contributed by atoms with van der Waals surface area (Å²) in [5.74, 6) is -0.486. The van der Waals surface area contributed by atoms with Gasteiger partial charge in [-0.15, -0.1) is 4.52 Å². The molecule has 4 N–H and O–H groups in total. The summed E-state index contributed by atoms with van der Waals surface area (Å²) in [6, 6.07) is -0.839. The molecule has 0 amide bonds. The number of aliphatic hydroxyl groups is 2. The molecule has 36 heavy (non-hydrogen) atoms. The number of ether oxygens (including phenoxy) is 3. The molecule has 2 aliphatic rings. The van der Waals surface area contributed by atoms with E-state index in [1.54, 1.807) is 18.4 Å². The van der Waals surface area contributed by atoms with E-state index in [0.717, 1.165) is 0 Å². The fraction of sp³-hybridized carbons (Fsp3) is 0.727. The van der Waals surface area contributed by atoms with Crippen LogP contribution in [0.1, 0.15) is 64.1 Å². The third-order valence-corrected chi connectivity index (χ3v) is 7.35. The van der Waals surface area contributed by atoms with Gasteiger partial charge in [0.2, 0.25) is 5.90 Å². The highest BCUT2D eigenvalue weighted by Crippen LogP contribution is 2.42. The Hall–Kier alpha value is -2.28. The van der Waals surface area contributed by atoms with Crippen LogP contribution in [-0.2, 0) is 28.1 Å². The number of hydrogen-bond acceptors (Lipinski definition) is 10. The maximum Gasteiger partial charge on any atom is 0.613 e. The summed E-state index contributed by atoms with van der Waals surface area (Å²) in [4.78, 5) is 20.5. The molecule has 0 bridgehead atoms. The molecule has 0 aliphatic carbocycles. The Morgan fingerprint density at radius 3 is 2.75 bits per heavy atom. The lowest BCUT2D eigenvalue weighted by Crippen LogP contribution is -2.44. The van der Waals surface area contributed by atoms with E-state index in [0.29, 0.717) is 24.2 Å². The van der Waals surface area contributed by atoms with Crippen molar-refractivity contribution in [2.24, 2.45) is 10.9 Å². The molecule has 1 fully saturated rings. The van der Waals surface area contributed by atoms with Crippen LogP contribution < -0.4 is 5.09 Å². The van der Waals surface area contributed by atoms with Gasteiger partial charge in [-0.3, -0.25) is 10.2 Å². The van der Waals surface area contributed by atoms with Gasteiger partial charge in [0, 0.05) is 6.42 Å². The van der Waals surface area contributed by atoms with Crippen molar-refractivity contribution in [3.8, 4) is 0 Å². The molecule has 2 aliphatic heterocycles. The van der Waals surface area contributed by atoms with Gasteiger partial charge in [-0.05, 0) is 29.7 Å². The third-order valence-electron chi connectivity index (χ3n) is 6.47. The van der Waals surface area contributed by atoms with E-state index >= 15 is 0 Å². The van der Waals surface area contributed by atoms with Crippen molar-refractivity contribution in [2.75, 3.05) is 20.8 Å². The van der Waals surface area contributed by atoms with Crippen LogP contribution in [0.25, 0.3) is 0 Å². The highest BCUT2D eigenvalue weighted by Gasteiger charge is 2.54. The monoisotopic (exact) mass is 528 g/mol. The predicted molar refractivity (Wildman–Crippen MR) is 129 cm³/mol. The number of imidazole rings is 1. The summed E-state index contributed by atoms with van der Waals surface area (Å²) in [6.45, 7) is 6.63. The smallest absolute Gasteiger partial charge is 0.479 e. The number of fused-ring (bicyclic) bond motifs is 1. The first kappa shape index (κ1) is 28.3. The molecule has 0 aromatic carbocycles. The van der Waals surface area contributed by atoms with Gasteiger partial charge >= 0.3 is 14.1 Å². The average Bonchev–Trinajstić information content (AvgIpc) is 3.35. The second kappa shape index (κ2) is 11.4. The normalized spacial score (nSPS) is 29.8. The Balaban J connectivity index is 1.80. The first-order valence-corrected chi connectivity index (χ1v) is 12.9. The van der Waals surface area contributed by atoms with Crippen molar-refractivity contribution in [1.82, 2.24) is 14.6 Å². The minimum Gasteiger partial charge on any atom is -0.479 e. The minimum atomic E-state index is -2.50. The number of carbonyl (C=O) groups excluding carboxylic acids is 1. The van der Waals surface area contributed by atoms with Crippen LogP contribution in [0.2, 0.25) is 0 Å². The van der Waals surface area contributed by atoms with Crippen LogP contribution in [0.3, 0.4) is 0 Å². The number of aromatic nitrogens is 2. The molecule has 3 heterocycles. The lowest BCUT2D eigenvalue weighted by molar-refractivity contribution is -0.143. The van der Waals surface area contributed by atoms with Gasteiger partial charge in [-0.1, -0.05) is 25.9 Å². The molecule has 14 heteroatoms. The molecule has 3 rings (SSSR count). The van der Waals surface area contributed by atoms with Crippen LogP contribution >= 0.6 is 8.18 Å². The minimum absolute atomic E-state index is 0.0830. The topological polar surface area (TPSA) is 178 Å². The highest BCUT2D eigenvalue weighted by atomic mass is 31.1. The van der Waals surface area contributed by atoms with Crippen molar-refractivity contribution in [2.45, 2.75) is 76.5 Å². The molecule has 7 unspecified atom stereocenters. The number of nitrogens with one attached hydrogen (secondary N) is 2. The second-order valence-corrected chi connectivity index (χ2v) is 10.5. The van der Waals surface area contributed by atoms with E-state index in [2.05, 4.69) is 15.1 Å². The lowest BCUT2D eigenvalue weighted by atomic mass is 9.94. The number of nitrogens with zero attached hydrogens (tertiary/aromatic N) is 3.